The van der Waals surface area contributed by atoms with Crippen LogP contribution in [0.1, 0.15) is 0 Å². The molecule has 0 saturated heterocycles. The molecule has 0 aromatic carbocycles. The molecule has 22 valence electrons. The maximum absolute atomic E-state index is 4.25. The summed E-state index contributed by atoms with van der Waals surface area (Å²) in [5.41, 5.74) is 4.25. The summed E-state index contributed by atoms with van der Waals surface area (Å²) in [4.78, 5) is 0. The second-order valence-electron chi connectivity index (χ2n) is 0. The summed E-state index contributed by atoms with van der Waals surface area (Å²) in [6.07, 6.45) is 0. The summed E-state index contributed by atoms with van der Waals surface area (Å²) in [6, 6.07) is 0. The van der Waals surface area contributed by atoms with Gasteiger partial charge in [-0.1, -0.05) is 0 Å². The molecule has 0 rings (SSSR count). The molecule has 0 amide bonds. The SMILES string of the molecule is [CH2-]N.[CH3-].[Y+3]. The molecular formula is C2H7NY+. The molecule has 0 fully saturated rings. The molecule has 0 aliphatic rings. The quantitative estimate of drug-likeness (QED) is 0.470. The van der Waals surface area contributed by atoms with E-state index in [1.807, 2.05) is 0 Å². The Bertz CT molecular complexity index is 6.00. The van der Waals surface area contributed by atoms with Crippen molar-refractivity contribution in [3.05, 3.63) is 14.5 Å². The molecule has 4 heavy (non-hydrogen) atoms. The van der Waals surface area contributed by atoms with Crippen LogP contribution < -0.4 is 5.73 Å². The largest absolute Gasteiger partial charge is 3.00 e. The van der Waals surface area contributed by atoms with Crippen LogP contribution in [-0.2, 0) is 32.7 Å². The zero-order valence-corrected chi connectivity index (χ0v) is 5.70. The molecule has 0 unspecified atom stereocenters. The van der Waals surface area contributed by atoms with Gasteiger partial charge in [-0.3, -0.25) is 7.05 Å². The Morgan fingerprint density at radius 1 is 1.25 bits per heavy atom. The fourth-order valence-corrected chi connectivity index (χ4v) is 0. The van der Waals surface area contributed by atoms with Crippen molar-refractivity contribution < 1.29 is 32.7 Å². The van der Waals surface area contributed by atoms with E-state index in [0.29, 0.717) is 0 Å². The maximum atomic E-state index is 4.25. The van der Waals surface area contributed by atoms with Crippen LogP contribution in [0.3, 0.4) is 0 Å². The summed E-state index contributed by atoms with van der Waals surface area (Å²) < 4.78 is 0. The third kappa shape index (κ3) is 11.5. The van der Waals surface area contributed by atoms with Crippen LogP contribution in [0, 0.1) is 14.5 Å². The monoisotopic (exact) mass is 134 g/mol. The topological polar surface area (TPSA) is 26.0 Å². The van der Waals surface area contributed by atoms with Gasteiger partial charge in [0.1, 0.15) is 0 Å². The van der Waals surface area contributed by atoms with Gasteiger partial charge in [-0.15, -0.1) is 0 Å². The molecular weight excluding hydrogens is 127 g/mol. The predicted octanol–water partition coefficient (Wildman–Crippen LogP) is 0.184. The van der Waals surface area contributed by atoms with Crippen LogP contribution in [0.5, 0.6) is 0 Å². The van der Waals surface area contributed by atoms with Crippen LogP contribution in [0.15, 0.2) is 0 Å². The fourth-order valence-electron chi connectivity index (χ4n) is 0. The number of nitrogens with two attached hydrogens (primary N) is 1. The molecule has 0 spiro atoms. The van der Waals surface area contributed by atoms with Gasteiger partial charge in [0.15, 0.2) is 0 Å². The average Bonchev–Trinajstić information content (AvgIpc) is 1.00. The van der Waals surface area contributed by atoms with Crippen LogP contribution in [0.2, 0.25) is 0 Å². The summed E-state index contributed by atoms with van der Waals surface area (Å²) in [6.45, 7) is 0. The van der Waals surface area contributed by atoms with E-state index in [9.17, 15) is 0 Å². The van der Waals surface area contributed by atoms with Crippen molar-refractivity contribution in [1.29, 1.82) is 0 Å². The summed E-state index contributed by atoms with van der Waals surface area (Å²) in [5, 5.41) is 0. The minimum atomic E-state index is 0. The van der Waals surface area contributed by atoms with Gasteiger partial charge in [-0.05, 0) is 0 Å². The zero-order chi connectivity index (χ0) is 2.00. The first kappa shape index (κ1) is 19.6. The molecule has 0 saturated carbocycles. The smallest absolute Gasteiger partial charge is 0.486 e. The second kappa shape index (κ2) is 33.7. The number of rotatable bonds is 0. The first-order valence-corrected chi connectivity index (χ1v) is 0.408. The molecule has 0 aliphatic heterocycles. The van der Waals surface area contributed by atoms with Crippen molar-refractivity contribution in [2.75, 3.05) is 0 Å². The third-order valence-electron chi connectivity index (χ3n) is 0. The van der Waals surface area contributed by atoms with E-state index in [1.54, 1.807) is 0 Å². The standard InChI is InChI=1S/CH4N.CH3.Y/c1-2;;/h1-2H2;1H3;/q2*-1;+3. The molecule has 0 aliphatic carbocycles. The van der Waals surface area contributed by atoms with Gasteiger partial charge in [0.2, 0.25) is 0 Å². The zero-order valence-electron chi connectivity index (χ0n) is 2.86. The maximum Gasteiger partial charge on any atom is 3.00 e. The van der Waals surface area contributed by atoms with E-state index < -0.39 is 0 Å². The summed E-state index contributed by atoms with van der Waals surface area (Å²) in [7, 11) is 2.75. The Kier molecular flexibility index (Phi) is 165. The van der Waals surface area contributed by atoms with Crippen LogP contribution >= 0.6 is 0 Å². The van der Waals surface area contributed by atoms with E-state index in [1.165, 1.54) is 0 Å². The van der Waals surface area contributed by atoms with E-state index in [0.717, 1.165) is 0 Å². The molecule has 0 radical (unpaired) electrons. The molecule has 0 atom stereocenters. The number of hydrogen-bond donors (Lipinski definition) is 1. The van der Waals surface area contributed by atoms with E-state index in [2.05, 4.69) is 12.8 Å². The van der Waals surface area contributed by atoms with E-state index in [-0.39, 0.29) is 40.1 Å². The van der Waals surface area contributed by atoms with Crippen molar-refractivity contribution in [3.63, 3.8) is 0 Å². The van der Waals surface area contributed by atoms with E-state index in [4.69, 9.17) is 0 Å². The van der Waals surface area contributed by atoms with Gasteiger partial charge < -0.3 is 13.2 Å². The molecule has 0 aromatic heterocycles. The summed E-state index contributed by atoms with van der Waals surface area (Å²) >= 11 is 0. The van der Waals surface area contributed by atoms with Crippen molar-refractivity contribution in [2.24, 2.45) is 5.73 Å². The molecule has 2 heteroatoms. The van der Waals surface area contributed by atoms with Crippen LogP contribution in [0.4, 0.5) is 0 Å². The van der Waals surface area contributed by atoms with Crippen LogP contribution in [-0.4, -0.2) is 0 Å². The van der Waals surface area contributed by atoms with Crippen molar-refractivity contribution in [1.82, 2.24) is 0 Å². The second-order valence-corrected chi connectivity index (χ2v) is 0. The Morgan fingerprint density at radius 3 is 1.25 bits per heavy atom. The van der Waals surface area contributed by atoms with Gasteiger partial charge in [0, 0.05) is 0 Å². The molecule has 0 heterocycles. The van der Waals surface area contributed by atoms with Gasteiger partial charge in [0.05, 0.1) is 0 Å². The Balaban J connectivity index is -0.00000000500. The van der Waals surface area contributed by atoms with Gasteiger partial charge >= 0.3 is 32.7 Å². The Hall–Kier alpha value is 1.06. The first-order chi connectivity index (χ1) is 1.00. The normalized spacial score (nSPS) is 1.50. The minimum absolute atomic E-state index is 0. The van der Waals surface area contributed by atoms with Gasteiger partial charge in [0.25, 0.3) is 0 Å². The van der Waals surface area contributed by atoms with Gasteiger partial charge in [-0.2, -0.15) is 0 Å². The van der Waals surface area contributed by atoms with E-state index >= 15 is 0 Å². The average molecular weight is 134 g/mol. The first-order valence-electron chi connectivity index (χ1n) is 0.408. The van der Waals surface area contributed by atoms with Gasteiger partial charge in [-0.25, -0.2) is 0 Å². The number of hydrogen-bond acceptors (Lipinski definition) is 1. The molecule has 0 bridgehead atoms. The van der Waals surface area contributed by atoms with Crippen molar-refractivity contribution >= 4 is 0 Å². The molecule has 0 aromatic rings. The minimum Gasteiger partial charge on any atom is -0.486 e. The molecule has 2 N–H and O–H groups in total. The predicted molar refractivity (Wildman–Crippen MR) is 16.0 cm³/mol. The third-order valence-corrected chi connectivity index (χ3v) is 0. The Labute approximate surface area is 52.8 Å². The summed E-state index contributed by atoms with van der Waals surface area (Å²) in [5.74, 6) is 0. The fraction of sp³-hybridized carbons (Fsp3) is 0. The molecule has 1 nitrogen and oxygen atoms in total. The van der Waals surface area contributed by atoms with Crippen molar-refractivity contribution in [2.45, 2.75) is 0 Å². The van der Waals surface area contributed by atoms with Crippen molar-refractivity contribution in [3.8, 4) is 0 Å². The van der Waals surface area contributed by atoms with Crippen LogP contribution in [0.25, 0.3) is 0 Å². The Morgan fingerprint density at radius 2 is 1.25 bits per heavy atom.